The van der Waals surface area contributed by atoms with Crippen LogP contribution in [0.1, 0.15) is 18.5 Å². The summed E-state index contributed by atoms with van der Waals surface area (Å²) >= 11 is 0. The molecule has 1 N–H and O–H groups in total. The fourth-order valence-corrected chi connectivity index (χ4v) is 2.89. The van der Waals surface area contributed by atoms with Crippen LogP contribution in [0.15, 0.2) is 61.1 Å². The van der Waals surface area contributed by atoms with Crippen LogP contribution < -0.4 is 5.32 Å². The number of anilines is 1. The molecule has 0 aliphatic carbocycles. The molecule has 8 nitrogen and oxygen atoms in total. The summed E-state index contributed by atoms with van der Waals surface area (Å²) in [6, 6.07) is 12.1. The van der Waals surface area contributed by atoms with Crippen molar-refractivity contribution in [2.75, 3.05) is 5.32 Å². The minimum absolute atomic E-state index is 0.0812. The lowest BCUT2D eigenvalue weighted by Crippen LogP contribution is -2.11. The fourth-order valence-electron chi connectivity index (χ4n) is 2.89. The zero-order valence-corrected chi connectivity index (χ0v) is 14.8. The van der Waals surface area contributed by atoms with Gasteiger partial charge in [-0.2, -0.15) is 0 Å². The molecule has 0 spiro atoms. The van der Waals surface area contributed by atoms with E-state index in [0.29, 0.717) is 11.3 Å². The van der Waals surface area contributed by atoms with Gasteiger partial charge in [0, 0.05) is 6.20 Å². The highest BCUT2D eigenvalue weighted by Gasteiger charge is 2.21. The minimum Gasteiger partial charge on any atom is -0.358 e. The molecular weight excluding hydrogens is 363 g/mol. The molecule has 0 radical (unpaired) electrons. The van der Waals surface area contributed by atoms with Crippen molar-refractivity contribution in [1.82, 2.24) is 19.4 Å². The molecule has 3 aromatic heterocycles. The number of nitrogens with zero attached hydrogens (tertiary/aromatic N) is 5. The second kappa shape index (κ2) is 7.03. The molecule has 0 bridgehead atoms. The van der Waals surface area contributed by atoms with Crippen LogP contribution in [0.4, 0.5) is 15.9 Å². The first-order valence-electron chi connectivity index (χ1n) is 8.49. The minimum atomic E-state index is -0.544. The quantitative estimate of drug-likeness (QED) is 0.416. The summed E-state index contributed by atoms with van der Waals surface area (Å²) in [5, 5.41) is 14.5. The van der Waals surface area contributed by atoms with Crippen molar-refractivity contribution < 1.29 is 9.31 Å². The summed E-state index contributed by atoms with van der Waals surface area (Å²) in [6.45, 7) is 1.88. The van der Waals surface area contributed by atoms with Crippen molar-refractivity contribution in [2.45, 2.75) is 13.0 Å². The molecule has 0 amide bonds. The van der Waals surface area contributed by atoms with E-state index in [1.807, 2.05) is 37.3 Å². The molecule has 0 aliphatic heterocycles. The Balaban J connectivity index is 1.77. The molecule has 3 heterocycles. The normalized spacial score (nSPS) is 12.1. The summed E-state index contributed by atoms with van der Waals surface area (Å²) in [7, 11) is 0. The van der Waals surface area contributed by atoms with Gasteiger partial charge in [-0.1, -0.05) is 30.3 Å². The van der Waals surface area contributed by atoms with E-state index in [4.69, 9.17) is 0 Å². The number of imidazole rings is 1. The van der Waals surface area contributed by atoms with Gasteiger partial charge >= 0.3 is 5.69 Å². The first-order valence-corrected chi connectivity index (χ1v) is 8.49. The number of aromatic nitrogens is 4. The highest BCUT2D eigenvalue weighted by molar-refractivity contribution is 5.63. The standard InChI is InChI=1S/C19H15FN6O2/c1-12(13-5-3-2-4-6-13)23-19-16(26(27)28)10-22-18(24-19)15-9-21-17-8-7-14(20)11-25(15)17/h2-12H,1H3,(H,22,23,24)/t12-/m1/s1. The molecule has 4 aromatic rings. The highest BCUT2D eigenvalue weighted by atomic mass is 19.1. The molecule has 1 atom stereocenters. The maximum absolute atomic E-state index is 13.6. The van der Waals surface area contributed by atoms with E-state index in [9.17, 15) is 14.5 Å². The van der Waals surface area contributed by atoms with Gasteiger partial charge in [-0.05, 0) is 24.6 Å². The SMILES string of the molecule is C[C@@H](Nc1nc(-c2cnc3ccc(F)cn23)ncc1[N+](=O)[O-])c1ccccc1. The van der Waals surface area contributed by atoms with Gasteiger partial charge in [0.25, 0.3) is 0 Å². The van der Waals surface area contributed by atoms with Gasteiger partial charge in [-0.25, -0.2) is 19.3 Å². The average molecular weight is 378 g/mol. The van der Waals surface area contributed by atoms with Crippen molar-refractivity contribution in [3.8, 4) is 11.5 Å². The monoisotopic (exact) mass is 378 g/mol. The average Bonchev–Trinajstić information content (AvgIpc) is 3.11. The predicted octanol–water partition coefficient (Wildman–Crippen LogP) is 4.01. The van der Waals surface area contributed by atoms with Crippen LogP contribution in [-0.4, -0.2) is 24.3 Å². The Labute approximate surface area is 158 Å². The lowest BCUT2D eigenvalue weighted by Gasteiger charge is -2.15. The predicted molar refractivity (Wildman–Crippen MR) is 101 cm³/mol. The van der Waals surface area contributed by atoms with Crippen LogP contribution in [0.2, 0.25) is 0 Å². The molecule has 9 heteroatoms. The van der Waals surface area contributed by atoms with Gasteiger partial charge in [0.1, 0.15) is 23.4 Å². The number of benzene rings is 1. The van der Waals surface area contributed by atoms with Gasteiger partial charge in [0.2, 0.25) is 5.82 Å². The first-order chi connectivity index (χ1) is 13.5. The first kappa shape index (κ1) is 17.5. The molecule has 28 heavy (non-hydrogen) atoms. The lowest BCUT2D eigenvalue weighted by atomic mass is 10.1. The van der Waals surface area contributed by atoms with Crippen molar-refractivity contribution in [2.24, 2.45) is 0 Å². The van der Waals surface area contributed by atoms with Crippen LogP contribution in [0.5, 0.6) is 0 Å². The van der Waals surface area contributed by atoms with E-state index in [2.05, 4.69) is 20.3 Å². The molecule has 0 aliphatic rings. The third-order valence-electron chi connectivity index (χ3n) is 4.32. The van der Waals surface area contributed by atoms with Crippen LogP contribution in [-0.2, 0) is 0 Å². The van der Waals surface area contributed by atoms with Crippen molar-refractivity contribution in [1.29, 1.82) is 0 Å². The maximum Gasteiger partial charge on any atom is 0.329 e. The highest BCUT2D eigenvalue weighted by Crippen LogP contribution is 2.28. The summed E-state index contributed by atoms with van der Waals surface area (Å²) in [5.41, 5.74) is 1.66. The number of hydrogen-bond donors (Lipinski definition) is 1. The van der Waals surface area contributed by atoms with Gasteiger partial charge in [0.05, 0.1) is 17.2 Å². The second-order valence-electron chi connectivity index (χ2n) is 6.18. The third-order valence-corrected chi connectivity index (χ3v) is 4.32. The largest absolute Gasteiger partial charge is 0.358 e. The van der Waals surface area contributed by atoms with Gasteiger partial charge < -0.3 is 5.32 Å². The van der Waals surface area contributed by atoms with E-state index in [1.54, 1.807) is 0 Å². The fraction of sp³-hybridized carbons (Fsp3) is 0.105. The van der Waals surface area contributed by atoms with Crippen molar-refractivity contribution in [3.63, 3.8) is 0 Å². The number of hydrogen-bond acceptors (Lipinski definition) is 6. The molecule has 1 aromatic carbocycles. The van der Waals surface area contributed by atoms with Crippen LogP contribution in [0, 0.1) is 15.9 Å². The summed E-state index contributed by atoms with van der Waals surface area (Å²) in [6.07, 6.45) is 3.91. The van der Waals surface area contributed by atoms with Crippen LogP contribution in [0.3, 0.4) is 0 Å². The number of pyridine rings is 1. The summed E-state index contributed by atoms with van der Waals surface area (Å²) in [5.74, 6) is -0.158. The molecule has 140 valence electrons. The Morgan fingerprint density at radius 3 is 2.68 bits per heavy atom. The van der Waals surface area contributed by atoms with E-state index >= 15 is 0 Å². The summed E-state index contributed by atoms with van der Waals surface area (Å²) in [4.78, 5) is 23.5. The summed E-state index contributed by atoms with van der Waals surface area (Å²) < 4.78 is 15.1. The number of nitrogens with one attached hydrogen (secondary N) is 1. The maximum atomic E-state index is 13.6. The van der Waals surface area contributed by atoms with Gasteiger partial charge in [0.15, 0.2) is 5.82 Å². The van der Waals surface area contributed by atoms with Gasteiger partial charge in [-0.3, -0.25) is 14.5 Å². The number of fused-ring (bicyclic) bond motifs is 1. The third kappa shape index (κ3) is 3.25. The van der Waals surface area contributed by atoms with E-state index < -0.39 is 10.7 Å². The zero-order chi connectivity index (χ0) is 19.7. The Morgan fingerprint density at radius 1 is 1.14 bits per heavy atom. The van der Waals surface area contributed by atoms with E-state index in [0.717, 1.165) is 11.8 Å². The van der Waals surface area contributed by atoms with Gasteiger partial charge in [-0.15, -0.1) is 0 Å². The number of nitro groups is 1. The van der Waals surface area contributed by atoms with Crippen molar-refractivity contribution >= 4 is 17.2 Å². The van der Waals surface area contributed by atoms with E-state index in [1.165, 1.54) is 28.9 Å². The number of rotatable bonds is 5. The molecule has 0 saturated carbocycles. The Morgan fingerprint density at radius 2 is 1.93 bits per heavy atom. The molecular formula is C19H15FN6O2. The Hall–Kier alpha value is -3.88. The van der Waals surface area contributed by atoms with E-state index in [-0.39, 0.29) is 23.4 Å². The van der Waals surface area contributed by atoms with Crippen molar-refractivity contribution in [3.05, 3.63) is 82.6 Å². The molecule has 0 saturated heterocycles. The molecule has 4 rings (SSSR count). The zero-order valence-electron chi connectivity index (χ0n) is 14.8. The van der Waals surface area contributed by atoms with Crippen LogP contribution in [0.25, 0.3) is 17.2 Å². The molecule has 0 unspecified atom stereocenters. The Kier molecular flexibility index (Phi) is 4.40. The molecule has 0 fully saturated rings. The Bertz CT molecular complexity index is 1160. The lowest BCUT2D eigenvalue weighted by molar-refractivity contribution is -0.384. The topological polar surface area (TPSA) is 98.2 Å². The van der Waals surface area contributed by atoms with Crippen LogP contribution >= 0.6 is 0 Å². The smallest absolute Gasteiger partial charge is 0.329 e. The number of halogens is 1. The second-order valence-corrected chi connectivity index (χ2v) is 6.18.